The molecule has 0 spiro atoms. The number of para-hydroxylation sites is 1. The molecule has 5 amide bonds. The van der Waals surface area contributed by atoms with Crippen LogP contribution in [0.4, 0.5) is 58.4 Å². The molecule has 25 heteroatoms. The fourth-order valence-corrected chi connectivity index (χ4v) is 8.72. The van der Waals surface area contributed by atoms with E-state index in [2.05, 4.69) is 20.6 Å². The molecule has 2 aliphatic rings. The highest BCUT2D eigenvalue weighted by Gasteiger charge is 2.43. The van der Waals surface area contributed by atoms with E-state index in [-0.39, 0.29) is 6.42 Å². The fraction of sp³-hybridized carbons (Fsp3) is 0.385. The number of alkyl halides is 12. The number of nitrogens with one attached hydrogen (secondary N) is 2. The number of hydrogen-bond acceptors (Lipinski definition) is 8. The molecule has 0 radical (unpaired) electrons. The van der Waals surface area contributed by atoms with Crippen LogP contribution >= 0.6 is 0 Å². The van der Waals surface area contributed by atoms with Crippen molar-refractivity contribution in [3.63, 3.8) is 0 Å². The Bertz CT molecular complexity index is 2800. The summed E-state index contributed by atoms with van der Waals surface area (Å²) in [6.07, 6.45) is -32.4. The highest BCUT2D eigenvalue weighted by molar-refractivity contribution is 6.20. The Morgan fingerprint density at radius 2 is 0.870 bits per heavy atom. The summed E-state index contributed by atoms with van der Waals surface area (Å²) in [6, 6.07) is 30.8. The van der Waals surface area contributed by atoms with Gasteiger partial charge in [0.05, 0.1) is 17.1 Å². The van der Waals surface area contributed by atoms with E-state index < -0.39 is 147 Å². The van der Waals surface area contributed by atoms with Gasteiger partial charge >= 0.3 is 24.7 Å². The highest BCUT2D eigenvalue weighted by atomic mass is 19.4. The van der Waals surface area contributed by atoms with Crippen LogP contribution in [0.1, 0.15) is 79.2 Å². The third kappa shape index (κ3) is 17.7. The smallest absolute Gasteiger partial charge is 0.369 e. The zero-order valence-corrected chi connectivity index (χ0v) is 40.7. The minimum atomic E-state index is -4.76. The van der Waals surface area contributed by atoms with Crippen LogP contribution < -0.4 is 27.0 Å². The van der Waals surface area contributed by atoms with Gasteiger partial charge in [-0.1, -0.05) is 103 Å². The summed E-state index contributed by atoms with van der Waals surface area (Å²) in [4.78, 5) is 86.8. The standard InChI is InChI=1S/C26H26F6N4O3.C26H25F6N3O3/c1-36-19-10-6-5-9-18(19)20(15-7-3-2-4-8-15)34-22(24(36)39)35-23(38)17(12-14-26(30,31)32)16(21(33)37)11-13-25(27,28)29;27-25(28,29)12-10-18(22(33)37)19(11-13-26(30,31)32)24(38)35-23-20(36)14-16-8-4-5-9-17(16)21(34-23)15-6-2-1-3-7-15/h2-10,16-17,22H,11-14H2,1H3,(H2,33,37)(H,35,38);1-9,18-19,23H,10-14H2,(H2,33,37)(H,35,38)/t16-,17+,22+;18-,19+,23+/m00/s1. The van der Waals surface area contributed by atoms with Crippen LogP contribution in [0.15, 0.2) is 119 Å². The lowest BCUT2D eigenvalue weighted by Gasteiger charge is -2.27. The summed E-state index contributed by atoms with van der Waals surface area (Å²) < 4.78 is 155. The number of Topliss-reactive ketones (excluding diaryl/α,β-unsaturated/α-hetero) is 1. The van der Waals surface area contributed by atoms with Crippen molar-refractivity contribution < 1.29 is 81.5 Å². The van der Waals surface area contributed by atoms with E-state index in [1.54, 1.807) is 109 Å². The molecule has 2 aliphatic heterocycles. The summed E-state index contributed by atoms with van der Waals surface area (Å²) in [7, 11) is 1.42. The molecule has 414 valence electrons. The molecule has 77 heavy (non-hydrogen) atoms. The Kier molecular flexibility index (Phi) is 20.0. The number of anilines is 1. The van der Waals surface area contributed by atoms with Gasteiger partial charge in [0.2, 0.25) is 29.8 Å². The average molecular weight is 1100 g/mol. The van der Waals surface area contributed by atoms with Gasteiger partial charge in [0.15, 0.2) is 11.9 Å². The molecule has 0 unspecified atom stereocenters. The number of benzodiazepines with no additional fused rings is 1. The van der Waals surface area contributed by atoms with E-state index in [0.29, 0.717) is 44.9 Å². The predicted octanol–water partition coefficient (Wildman–Crippen LogP) is 8.84. The number of nitrogens with two attached hydrogens (primary N) is 2. The number of aliphatic imine (C=N–C) groups is 2. The Balaban J connectivity index is 0.000000284. The van der Waals surface area contributed by atoms with Gasteiger partial charge in [-0.25, -0.2) is 4.99 Å². The van der Waals surface area contributed by atoms with Gasteiger partial charge in [0.1, 0.15) is 0 Å². The van der Waals surface area contributed by atoms with Crippen molar-refractivity contribution in [3.8, 4) is 0 Å². The van der Waals surface area contributed by atoms with Gasteiger partial charge < -0.3 is 27.0 Å². The number of benzene rings is 4. The average Bonchev–Trinajstić information content (AvgIpc) is 3.55. The first kappa shape index (κ1) is 60.3. The molecule has 2 heterocycles. The zero-order valence-electron chi connectivity index (χ0n) is 40.7. The SMILES string of the molecule is CN1C(=O)[C@@H](NC(=O)[C@H](CCC(F)(F)F)[C@H](CCC(F)(F)F)C(N)=O)N=C(c2ccccc2)c2ccccc21.NC(=O)[C@@H](CCC(F)(F)F)[C@@H](CCC(F)(F)F)C(=O)N[C@H]1N=C(c2ccccc2)c2ccccc2CC1=O. The van der Waals surface area contributed by atoms with Crippen LogP contribution in [0.2, 0.25) is 0 Å². The first-order valence-corrected chi connectivity index (χ1v) is 23.6. The minimum Gasteiger partial charge on any atom is -0.369 e. The summed E-state index contributed by atoms with van der Waals surface area (Å²) in [5.74, 6) is -13.9. The molecule has 0 saturated carbocycles. The number of primary amides is 2. The van der Waals surface area contributed by atoms with Crippen LogP contribution in [-0.4, -0.2) is 90.8 Å². The van der Waals surface area contributed by atoms with Gasteiger partial charge in [-0.3, -0.25) is 33.8 Å². The molecular weight excluding hydrogens is 1050 g/mol. The molecule has 0 aliphatic carbocycles. The molecule has 0 bridgehead atoms. The van der Waals surface area contributed by atoms with Crippen LogP contribution in [0.25, 0.3) is 0 Å². The number of carbonyl (C=O) groups excluding carboxylic acids is 6. The zero-order chi connectivity index (χ0) is 57.0. The third-order valence-electron chi connectivity index (χ3n) is 12.5. The maximum absolute atomic E-state index is 13.3. The first-order chi connectivity index (χ1) is 35.9. The largest absolute Gasteiger partial charge is 0.389 e. The van der Waals surface area contributed by atoms with Crippen molar-refractivity contribution in [2.75, 3.05) is 11.9 Å². The monoisotopic (exact) mass is 1100 g/mol. The summed E-state index contributed by atoms with van der Waals surface area (Å²) in [5.41, 5.74) is 14.5. The molecule has 4 aromatic rings. The van der Waals surface area contributed by atoms with Crippen LogP contribution in [0.3, 0.4) is 0 Å². The van der Waals surface area contributed by atoms with Crippen molar-refractivity contribution in [2.45, 2.75) is 94.8 Å². The molecule has 0 aromatic heterocycles. The van der Waals surface area contributed by atoms with E-state index in [9.17, 15) is 81.5 Å². The maximum Gasteiger partial charge on any atom is 0.389 e. The van der Waals surface area contributed by atoms with E-state index in [1.807, 2.05) is 0 Å². The summed E-state index contributed by atoms with van der Waals surface area (Å²) in [5, 5.41) is 4.55. The molecule has 6 rings (SSSR count). The number of hydrogen-bond donors (Lipinski definition) is 4. The predicted molar refractivity (Wildman–Crippen MR) is 257 cm³/mol. The minimum absolute atomic E-state index is 0.165. The molecule has 6 atom stereocenters. The number of rotatable bonds is 18. The normalized spacial score (nSPS) is 17.5. The molecule has 13 nitrogen and oxygen atoms in total. The number of amides is 5. The lowest BCUT2D eigenvalue weighted by atomic mass is 9.83. The van der Waals surface area contributed by atoms with Gasteiger partial charge in [0, 0.05) is 85.1 Å². The van der Waals surface area contributed by atoms with Crippen LogP contribution in [0, 0.1) is 23.7 Å². The number of nitrogens with zero attached hydrogens (tertiary/aromatic N) is 3. The van der Waals surface area contributed by atoms with E-state index >= 15 is 0 Å². The number of ketones is 1. The van der Waals surface area contributed by atoms with Gasteiger partial charge in [-0.2, -0.15) is 52.7 Å². The molecular formula is C52H51F12N7O6. The van der Waals surface area contributed by atoms with Crippen LogP contribution in [-0.2, 0) is 35.2 Å². The fourth-order valence-electron chi connectivity index (χ4n) is 8.72. The number of carbonyl (C=O) groups is 6. The quantitative estimate of drug-likeness (QED) is 0.0716. The van der Waals surface area contributed by atoms with Crippen molar-refractivity contribution in [1.82, 2.24) is 10.6 Å². The number of likely N-dealkylation sites (N-methyl/N-ethyl adjacent to an activating group) is 1. The Hall–Kier alpha value is -7.60. The van der Waals surface area contributed by atoms with Crippen molar-refractivity contribution in [1.29, 1.82) is 0 Å². The summed E-state index contributed by atoms with van der Waals surface area (Å²) in [6.45, 7) is 0. The third-order valence-corrected chi connectivity index (χ3v) is 12.5. The molecule has 4 aromatic carbocycles. The first-order valence-electron chi connectivity index (χ1n) is 23.6. The molecule has 0 saturated heterocycles. The van der Waals surface area contributed by atoms with Crippen molar-refractivity contribution >= 4 is 52.4 Å². The highest BCUT2D eigenvalue weighted by Crippen LogP contribution is 2.35. The second kappa shape index (κ2) is 25.5. The van der Waals surface area contributed by atoms with E-state index in [4.69, 9.17) is 11.5 Å². The number of halogens is 12. The molecule has 0 fully saturated rings. The lowest BCUT2D eigenvalue weighted by Crippen LogP contribution is -2.50. The Morgan fingerprint density at radius 3 is 1.30 bits per heavy atom. The van der Waals surface area contributed by atoms with E-state index in [0.717, 1.165) is 0 Å². The maximum atomic E-state index is 13.3. The second-order valence-electron chi connectivity index (χ2n) is 18.1. The summed E-state index contributed by atoms with van der Waals surface area (Å²) >= 11 is 0. The second-order valence-corrected chi connectivity index (χ2v) is 18.1. The Labute approximate surface area is 432 Å². The van der Waals surface area contributed by atoms with Gasteiger partial charge in [0.25, 0.3) is 5.91 Å². The van der Waals surface area contributed by atoms with Gasteiger partial charge in [-0.15, -0.1) is 0 Å². The lowest BCUT2D eigenvalue weighted by molar-refractivity contribution is -0.152. The van der Waals surface area contributed by atoms with E-state index in [1.165, 1.54) is 11.9 Å². The van der Waals surface area contributed by atoms with Crippen molar-refractivity contribution in [2.24, 2.45) is 45.1 Å². The number of fused-ring (bicyclic) bond motifs is 2. The topological polar surface area (TPSA) is 206 Å². The van der Waals surface area contributed by atoms with Crippen LogP contribution in [0.5, 0.6) is 0 Å². The van der Waals surface area contributed by atoms with Crippen molar-refractivity contribution in [3.05, 3.63) is 137 Å². The van der Waals surface area contributed by atoms with Gasteiger partial charge in [-0.05, 0) is 37.3 Å². The molecule has 6 N–H and O–H groups in total. The Morgan fingerprint density at radius 1 is 0.519 bits per heavy atom.